The van der Waals surface area contributed by atoms with Gasteiger partial charge in [-0.05, 0) is 6.92 Å². The smallest absolute Gasteiger partial charge is 0.323 e. The number of carbonyl (C=O) groups excluding carboxylic acids is 2. The van der Waals surface area contributed by atoms with Gasteiger partial charge in [0.1, 0.15) is 6.54 Å². The molecule has 0 spiro atoms. The minimum absolute atomic E-state index is 0.0356. The number of thioether (sulfide) groups is 1. The number of carboxylic acid groups (broad SMARTS) is 1. The fourth-order valence-electron chi connectivity index (χ4n) is 1.31. The molecule has 0 radical (unpaired) electrons. The molecule has 1 amide bonds. The maximum absolute atomic E-state index is 12.0. The number of hydrogen-bond donors (Lipinski definition) is 1. The monoisotopic (exact) mass is 289 g/mol. The Kier molecular flexibility index (Phi) is 7.11. The molecule has 1 unspecified atom stereocenters. The number of likely N-dealkylation sites (N-methyl/N-ethyl adjacent to an activating group) is 1. The molecule has 5 nitrogen and oxygen atoms in total. The minimum Gasteiger partial charge on any atom is -0.480 e. The van der Waals surface area contributed by atoms with E-state index in [4.69, 9.17) is 5.11 Å². The molecule has 1 N–H and O–H groups in total. The average molecular weight is 289 g/mol. The summed E-state index contributed by atoms with van der Waals surface area (Å²) >= 11 is 1.13. The van der Waals surface area contributed by atoms with Gasteiger partial charge in [-0.2, -0.15) is 0 Å². The molecular formula is C13H23NO4S. The lowest BCUT2D eigenvalue weighted by Crippen LogP contribution is -2.39. The van der Waals surface area contributed by atoms with Gasteiger partial charge in [0.05, 0.1) is 0 Å². The van der Waals surface area contributed by atoms with Crippen LogP contribution in [0.25, 0.3) is 0 Å². The highest BCUT2D eigenvalue weighted by Gasteiger charge is 2.26. The molecule has 1 atom stereocenters. The van der Waals surface area contributed by atoms with Crippen LogP contribution >= 0.6 is 11.8 Å². The zero-order valence-electron chi connectivity index (χ0n) is 12.2. The summed E-state index contributed by atoms with van der Waals surface area (Å²) in [4.78, 5) is 35.7. The Hall–Kier alpha value is -1.04. The van der Waals surface area contributed by atoms with Crippen molar-refractivity contribution in [1.82, 2.24) is 4.90 Å². The molecule has 0 aliphatic heterocycles. The average Bonchev–Trinajstić information content (AvgIpc) is 2.29. The van der Waals surface area contributed by atoms with Gasteiger partial charge in [-0.25, -0.2) is 0 Å². The fourth-order valence-corrected chi connectivity index (χ4v) is 2.29. The molecule has 0 rings (SSSR count). The first kappa shape index (κ1) is 18.0. The SMILES string of the molecule is CCN(CC(=O)O)C(=O)C(C)CSC(=O)C(C)(C)C. The minimum atomic E-state index is -1.03. The highest BCUT2D eigenvalue weighted by Crippen LogP contribution is 2.24. The first-order valence-electron chi connectivity index (χ1n) is 6.27. The molecule has 6 heteroatoms. The molecule has 0 saturated carbocycles. The van der Waals surface area contributed by atoms with E-state index in [-0.39, 0.29) is 23.5 Å². The second kappa shape index (κ2) is 7.53. The first-order valence-corrected chi connectivity index (χ1v) is 7.26. The third-order valence-electron chi connectivity index (χ3n) is 2.52. The van der Waals surface area contributed by atoms with Crippen LogP contribution in [0, 0.1) is 11.3 Å². The molecule has 0 bridgehead atoms. The Bertz CT molecular complexity index is 349. The fraction of sp³-hybridized carbons (Fsp3) is 0.769. The third-order valence-corrected chi connectivity index (χ3v) is 4.06. The number of nitrogens with zero attached hydrogens (tertiary/aromatic N) is 1. The van der Waals surface area contributed by atoms with Gasteiger partial charge in [-0.1, -0.05) is 39.5 Å². The zero-order chi connectivity index (χ0) is 15.2. The summed E-state index contributed by atoms with van der Waals surface area (Å²) in [6, 6.07) is 0. The number of aliphatic carboxylic acids is 1. The predicted octanol–water partition coefficient (Wildman–Crippen LogP) is 1.86. The number of carbonyl (C=O) groups is 3. The lowest BCUT2D eigenvalue weighted by Gasteiger charge is -2.23. The molecular weight excluding hydrogens is 266 g/mol. The van der Waals surface area contributed by atoms with Crippen LogP contribution in [-0.4, -0.2) is 45.8 Å². The van der Waals surface area contributed by atoms with Crippen molar-refractivity contribution < 1.29 is 19.5 Å². The van der Waals surface area contributed by atoms with Crippen molar-refractivity contribution in [3.05, 3.63) is 0 Å². The van der Waals surface area contributed by atoms with E-state index in [0.717, 1.165) is 11.8 Å². The second-order valence-corrected chi connectivity index (χ2v) is 6.49. The Balaban J connectivity index is 4.41. The van der Waals surface area contributed by atoms with Crippen LogP contribution in [0.15, 0.2) is 0 Å². The standard InChI is InChI=1S/C13H23NO4S/c1-6-14(7-10(15)16)11(17)9(2)8-19-12(18)13(3,4)5/h9H,6-8H2,1-5H3,(H,15,16). The maximum atomic E-state index is 12.0. The lowest BCUT2D eigenvalue weighted by atomic mass is 10.00. The van der Waals surface area contributed by atoms with Crippen LogP contribution in [0.1, 0.15) is 34.6 Å². The molecule has 110 valence electrons. The van der Waals surface area contributed by atoms with Crippen LogP contribution in [0.4, 0.5) is 0 Å². The highest BCUT2D eigenvalue weighted by atomic mass is 32.2. The van der Waals surface area contributed by atoms with Gasteiger partial charge in [-0.15, -0.1) is 0 Å². The number of carboxylic acids is 1. The molecule has 0 saturated heterocycles. The summed E-state index contributed by atoms with van der Waals surface area (Å²) in [6.45, 7) is 9.01. The summed E-state index contributed by atoms with van der Waals surface area (Å²) in [7, 11) is 0. The van der Waals surface area contributed by atoms with E-state index >= 15 is 0 Å². The van der Waals surface area contributed by atoms with Crippen molar-refractivity contribution in [2.75, 3.05) is 18.8 Å². The number of amides is 1. The van der Waals surface area contributed by atoms with E-state index in [2.05, 4.69) is 0 Å². The van der Waals surface area contributed by atoms with Crippen molar-refractivity contribution in [3.63, 3.8) is 0 Å². The van der Waals surface area contributed by atoms with E-state index < -0.39 is 11.4 Å². The molecule has 0 aromatic rings. The normalized spacial score (nSPS) is 12.9. The zero-order valence-corrected chi connectivity index (χ0v) is 13.0. The quantitative estimate of drug-likeness (QED) is 0.808. The predicted molar refractivity (Wildman–Crippen MR) is 76.0 cm³/mol. The van der Waals surface area contributed by atoms with Crippen LogP contribution in [0.2, 0.25) is 0 Å². The second-order valence-electron chi connectivity index (χ2n) is 5.50. The topological polar surface area (TPSA) is 74.7 Å². The molecule has 0 aromatic carbocycles. The summed E-state index contributed by atoms with van der Waals surface area (Å²) in [5.74, 6) is -1.24. The van der Waals surface area contributed by atoms with Gasteiger partial charge in [0.15, 0.2) is 5.12 Å². The molecule has 0 aliphatic carbocycles. The van der Waals surface area contributed by atoms with Gasteiger partial charge in [0.25, 0.3) is 0 Å². The van der Waals surface area contributed by atoms with Gasteiger partial charge >= 0.3 is 5.97 Å². The van der Waals surface area contributed by atoms with E-state index in [1.165, 1.54) is 4.90 Å². The highest BCUT2D eigenvalue weighted by molar-refractivity contribution is 8.13. The van der Waals surface area contributed by atoms with Crippen molar-refractivity contribution in [2.24, 2.45) is 11.3 Å². The summed E-state index contributed by atoms with van der Waals surface area (Å²) in [6.07, 6.45) is 0. The van der Waals surface area contributed by atoms with Crippen LogP contribution < -0.4 is 0 Å². The summed E-state index contributed by atoms with van der Waals surface area (Å²) < 4.78 is 0. The van der Waals surface area contributed by atoms with Crippen LogP contribution in [0.5, 0.6) is 0 Å². The third kappa shape index (κ3) is 6.61. The van der Waals surface area contributed by atoms with E-state index in [9.17, 15) is 14.4 Å². The van der Waals surface area contributed by atoms with Crippen molar-refractivity contribution in [3.8, 4) is 0 Å². The summed E-state index contributed by atoms with van der Waals surface area (Å²) in [5.41, 5.74) is -0.432. The van der Waals surface area contributed by atoms with Crippen molar-refractivity contribution in [1.29, 1.82) is 0 Å². The van der Waals surface area contributed by atoms with E-state index in [0.29, 0.717) is 12.3 Å². The largest absolute Gasteiger partial charge is 0.480 e. The van der Waals surface area contributed by atoms with E-state index in [1.54, 1.807) is 13.8 Å². The van der Waals surface area contributed by atoms with Gasteiger partial charge < -0.3 is 10.0 Å². The number of hydrogen-bond acceptors (Lipinski definition) is 4. The van der Waals surface area contributed by atoms with Gasteiger partial charge in [0, 0.05) is 23.6 Å². The lowest BCUT2D eigenvalue weighted by molar-refractivity contribution is -0.145. The Morgan fingerprint density at radius 2 is 1.79 bits per heavy atom. The van der Waals surface area contributed by atoms with Crippen LogP contribution in [0.3, 0.4) is 0 Å². The molecule has 0 aromatic heterocycles. The molecule has 0 fully saturated rings. The van der Waals surface area contributed by atoms with Crippen molar-refractivity contribution in [2.45, 2.75) is 34.6 Å². The van der Waals surface area contributed by atoms with Gasteiger partial charge in [-0.3, -0.25) is 14.4 Å². The number of rotatable bonds is 6. The molecule has 0 aliphatic rings. The summed E-state index contributed by atoms with van der Waals surface area (Å²) in [5, 5.41) is 8.75. The molecule has 0 heterocycles. The Morgan fingerprint density at radius 1 is 1.26 bits per heavy atom. The van der Waals surface area contributed by atoms with Crippen molar-refractivity contribution >= 4 is 28.8 Å². The van der Waals surface area contributed by atoms with Crippen LogP contribution in [-0.2, 0) is 14.4 Å². The maximum Gasteiger partial charge on any atom is 0.323 e. The Labute approximate surface area is 118 Å². The first-order chi connectivity index (χ1) is 8.59. The molecule has 19 heavy (non-hydrogen) atoms. The van der Waals surface area contributed by atoms with Gasteiger partial charge in [0.2, 0.25) is 5.91 Å². The van der Waals surface area contributed by atoms with E-state index in [1.807, 2.05) is 20.8 Å². The Morgan fingerprint density at radius 3 is 2.16 bits per heavy atom.